The molecule has 0 N–H and O–H groups in total. The molecule has 19 heavy (non-hydrogen) atoms. The first-order valence-electron chi connectivity index (χ1n) is 6.19. The van der Waals surface area contributed by atoms with Crippen molar-refractivity contribution in [1.82, 2.24) is 10.1 Å². The fourth-order valence-electron chi connectivity index (χ4n) is 1.79. The van der Waals surface area contributed by atoms with E-state index in [0.29, 0.717) is 23.2 Å². The van der Waals surface area contributed by atoms with Crippen LogP contribution in [0.15, 0.2) is 22.7 Å². The summed E-state index contributed by atoms with van der Waals surface area (Å²) in [4.78, 5) is 4.23. The van der Waals surface area contributed by atoms with E-state index in [9.17, 15) is 0 Å². The van der Waals surface area contributed by atoms with Gasteiger partial charge >= 0.3 is 0 Å². The molecule has 6 nitrogen and oxygen atoms in total. The van der Waals surface area contributed by atoms with Gasteiger partial charge in [0.25, 0.3) is 5.89 Å². The van der Waals surface area contributed by atoms with Crippen LogP contribution in [0.2, 0.25) is 0 Å². The quantitative estimate of drug-likeness (QED) is 0.823. The Balaban J connectivity index is 1.62. The molecule has 0 fully saturated rings. The predicted molar refractivity (Wildman–Crippen MR) is 65.2 cm³/mol. The van der Waals surface area contributed by atoms with E-state index < -0.39 is 0 Å². The van der Waals surface area contributed by atoms with E-state index in [1.807, 2.05) is 12.1 Å². The highest BCUT2D eigenvalue weighted by Crippen LogP contribution is 2.35. The van der Waals surface area contributed by atoms with Gasteiger partial charge in [0.15, 0.2) is 23.9 Å². The predicted octanol–water partition coefficient (Wildman–Crippen LogP) is 2.33. The molecular formula is C13H14N2O4. The van der Waals surface area contributed by atoms with Crippen LogP contribution < -0.4 is 14.2 Å². The molecule has 1 aromatic heterocycles. The lowest BCUT2D eigenvalue weighted by molar-refractivity contribution is 0.173. The van der Waals surface area contributed by atoms with Crippen molar-refractivity contribution >= 4 is 0 Å². The zero-order valence-corrected chi connectivity index (χ0v) is 10.6. The van der Waals surface area contributed by atoms with Crippen molar-refractivity contribution < 1.29 is 18.7 Å². The van der Waals surface area contributed by atoms with Crippen molar-refractivity contribution in [1.29, 1.82) is 0 Å². The van der Waals surface area contributed by atoms with Crippen LogP contribution in [-0.2, 0) is 13.0 Å². The molecule has 0 bridgehead atoms. The molecular weight excluding hydrogens is 248 g/mol. The van der Waals surface area contributed by atoms with Gasteiger partial charge in [0, 0.05) is 12.5 Å². The molecule has 2 heterocycles. The van der Waals surface area contributed by atoms with E-state index >= 15 is 0 Å². The van der Waals surface area contributed by atoms with Crippen molar-refractivity contribution in [3.8, 4) is 17.2 Å². The molecule has 0 atom stereocenters. The Hall–Kier alpha value is -2.24. The summed E-state index contributed by atoms with van der Waals surface area (Å²) in [7, 11) is 0. The summed E-state index contributed by atoms with van der Waals surface area (Å²) in [6, 6.07) is 5.41. The average molecular weight is 262 g/mol. The fraction of sp³-hybridized carbons (Fsp3) is 0.385. The summed E-state index contributed by atoms with van der Waals surface area (Å²) in [6.45, 7) is 2.57. The normalized spacial score (nSPS) is 12.7. The second kappa shape index (κ2) is 5.17. The van der Waals surface area contributed by atoms with Gasteiger partial charge in [-0.15, -0.1) is 0 Å². The second-order valence-corrected chi connectivity index (χ2v) is 4.16. The van der Waals surface area contributed by atoms with Gasteiger partial charge < -0.3 is 18.7 Å². The van der Waals surface area contributed by atoms with Gasteiger partial charge in [-0.1, -0.05) is 12.1 Å². The third-order valence-corrected chi connectivity index (χ3v) is 2.69. The van der Waals surface area contributed by atoms with Crippen LogP contribution >= 0.6 is 0 Å². The molecule has 0 aliphatic carbocycles. The molecule has 100 valence electrons. The Labute approximate surface area is 110 Å². The topological polar surface area (TPSA) is 66.6 Å². The number of fused-ring (bicyclic) bond motifs is 1. The van der Waals surface area contributed by atoms with Crippen LogP contribution in [0.25, 0.3) is 0 Å². The van der Waals surface area contributed by atoms with Crippen molar-refractivity contribution in [2.24, 2.45) is 0 Å². The Morgan fingerprint density at radius 3 is 3.05 bits per heavy atom. The molecule has 0 saturated heterocycles. The highest BCUT2D eigenvalue weighted by Gasteiger charge is 2.14. The minimum absolute atomic E-state index is 0.246. The van der Waals surface area contributed by atoms with E-state index in [4.69, 9.17) is 18.7 Å². The van der Waals surface area contributed by atoms with Crippen molar-refractivity contribution in [3.05, 3.63) is 29.9 Å². The lowest BCUT2D eigenvalue weighted by Gasteiger charge is -2.03. The van der Waals surface area contributed by atoms with Crippen LogP contribution in [0.5, 0.6) is 17.2 Å². The molecule has 1 aliphatic rings. The number of rotatable bonds is 5. The monoisotopic (exact) mass is 262 g/mol. The number of aromatic nitrogens is 2. The van der Waals surface area contributed by atoms with Crippen molar-refractivity contribution in [2.75, 3.05) is 6.79 Å². The third kappa shape index (κ3) is 2.62. The van der Waals surface area contributed by atoms with Gasteiger partial charge in [0.05, 0.1) is 0 Å². The molecule has 0 radical (unpaired) electrons. The van der Waals surface area contributed by atoms with Gasteiger partial charge in [-0.2, -0.15) is 4.98 Å². The van der Waals surface area contributed by atoms with Gasteiger partial charge in [-0.25, -0.2) is 0 Å². The van der Waals surface area contributed by atoms with Gasteiger partial charge in [-0.05, 0) is 18.6 Å². The average Bonchev–Trinajstić information content (AvgIpc) is 3.04. The first-order valence-corrected chi connectivity index (χ1v) is 6.19. The molecule has 6 heteroatoms. The molecule has 3 rings (SSSR count). The molecule has 1 aromatic carbocycles. The van der Waals surface area contributed by atoms with Gasteiger partial charge in [-0.3, -0.25) is 0 Å². The first-order chi connectivity index (χ1) is 9.35. The van der Waals surface area contributed by atoms with E-state index in [2.05, 4.69) is 17.1 Å². The fourth-order valence-corrected chi connectivity index (χ4v) is 1.79. The maximum Gasteiger partial charge on any atom is 0.264 e. The summed E-state index contributed by atoms with van der Waals surface area (Å²) in [6.07, 6.45) is 1.80. The first kappa shape index (κ1) is 11.8. The van der Waals surface area contributed by atoms with Crippen LogP contribution in [0.1, 0.15) is 25.1 Å². The lowest BCUT2D eigenvalue weighted by Crippen LogP contribution is -1.96. The van der Waals surface area contributed by atoms with E-state index in [1.165, 1.54) is 0 Å². The Morgan fingerprint density at radius 2 is 2.16 bits per heavy atom. The summed E-state index contributed by atoms with van der Waals surface area (Å²) < 4.78 is 21.2. The number of aryl methyl sites for hydroxylation is 1. The third-order valence-electron chi connectivity index (χ3n) is 2.69. The van der Waals surface area contributed by atoms with Crippen LogP contribution in [-0.4, -0.2) is 16.9 Å². The lowest BCUT2D eigenvalue weighted by atomic mass is 10.3. The summed E-state index contributed by atoms with van der Waals surface area (Å²) in [5.74, 6) is 3.29. The Morgan fingerprint density at radius 1 is 1.26 bits per heavy atom. The molecule has 2 aromatic rings. The number of ether oxygens (including phenoxy) is 3. The van der Waals surface area contributed by atoms with Gasteiger partial charge in [0.2, 0.25) is 6.79 Å². The zero-order valence-electron chi connectivity index (χ0n) is 10.6. The number of hydrogen-bond donors (Lipinski definition) is 0. The van der Waals surface area contributed by atoms with Gasteiger partial charge in [0.1, 0.15) is 5.75 Å². The molecule has 0 amide bonds. The number of nitrogens with zero attached hydrogens (tertiary/aromatic N) is 2. The van der Waals surface area contributed by atoms with Crippen LogP contribution in [0, 0.1) is 0 Å². The SMILES string of the molecule is CCCc1noc(COc2ccc3c(c2)OCO3)n1. The highest BCUT2D eigenvalue weighted by molar-refractivity contribution is 5.46. The molecule has 0 unspecified atom stereocenters. The summed E-state index contributed by atoms with van der Waals surface area (Å²) in [5, 5.41) is 3.87. The largest absolute Gasteiger partial charge is 0.484 e. The summed E-state index contributed by atoms with van der Waals surface area (Å²) in [5.41, 5.74) is 0. The van der Waals surface area contributed by atoms with Crippen molar-refractivity contribution in [2.45, 2.75) is 26.4 Å². The molecule has 0 spiro atoms. The molecule has 1 aliphatic heterocycles. The molecule has 0 saturated carbocycles. The minimum atomic E-state index is 0.246. The maximum absolute atomic E-state index is 5.58. The van der Waals surface area contributed by atoms with E-state index in [0.717, 1.165) is 18.6 Å². The number of benzene rings is 1. The Kier molecular flexibility index (Phi) is 3.22. The maximum atomic E-state index is 5.58. The van der Waals surface area contributed by atoms with E-state index in [-0.39, 0.29) is 13.4 Å². The van der Waals surface area contributed by atoms with Crippen molar-refractivity contribution in [3.63, 3.8) is 0 Å². The van der Waals surface area contributed by atoms with Crippen LogP contribution in [0.4, 0.5) is 0 Å². The van der Waals surface area contributed by atoms with E-state index in [1.54, 1.807) is 6.07 Å². The standard InChI is InChI=1S/C13H14N2O4/c1-2-3-12-14-13(19-15-12)7-16-9-4-5-10-11(6-9)18-8-17-10/h4-6H,2-3,7-8H2,1H3. The van der Waals surface area contributed by atoms with Crippen LogP contribution in [0.3, 0.4) is 0 Å². The summed E-state index contributed by atoms with van der Waals surface area (Å²) >= 11 is 0. The Bertz CT molecular complexity index is 568. The second-order valence-electron chi connectivity index (χ2n) is 4.16. The minimum Gasteiger partial charge on any atom is -0.484 e. The zero-order chi connectivity index (χ0) is 13.1. The number of hydrogen-bond acceptors (Lipinski definition) is 6. The highest BCUT2D eigenvalue weighted by atomic mass is 16.7. The smallest absolute Gasteiger partial charge is 0.264 e.